The molecule has 0 amide bonds. The van der Waals surface area contributed by atoms with Crippen LogP contribution in [0, 0.1) is 27.4 Å². The lowest BCUT2D eigenvalue weighted by molar-refractivity contribution is -0.384. The maximum Gasteiger partial charge on any atom is 0.351 e. The van der Waals surface area contributed by atoms with Crippen molar-refractivity contribution in [1.82, 2.24) is 10.2 Å². The monoisotopic (exact) mass is 438 g/mol. The topological polar surface area (TPSA) is 133 Å². The number of non-ortho nitro benzene ring substituents is 1. The second kappa shape index (κ2) is 9.78. The van der Waals surface area contributed by atoms with E-state index in [1.54, 1.807) is 6.07 Å². The van der Waals surface area contributed by atoms with Gasteiger partial charge < -0.3 is 20.3 Å². The van der Waals surface area contributed by atoms with Gasteiger partial charge in [0.25, 0.3) is 5.69 Å². The first-order chi connectivity index (χ1) is 15.6. The number of carbonyl (C=O) groups excluding carboxylic acids is 1. The molecule has 3 aliphatic rings. The third kappa shape index (κ3) is 4.73. The minimum atomic E-state index is -0.697. The Hall–Kier alpha value is -3.45. The molecule has 2 heterocycles. The molecule has 10 heteroatoms. The second-order valence-corrected chi connectivity index (χ2v) is 8.22. The lowest BCUT2D eigenvalue weighted by Crippen LogP contribution is -2.48. The van der Waals surface area contributed by atoms with Gasteiger partial charge in [0.05, 0.1) is 22.9 Å². The van der Waals surface area contributed by atoms with Crippen molar-refractivity contribution in [2.45, 2.75) is 32.1 Å². The largest absolute Gasteiger partial charge is 0.461 e. The second-order valence-electron chi connectivity index (χ2n) is 8.22. The quantitative estimate of drug-likeness (QED) is 0.241. The number of nitrogens with zero attached hydrogens (tertiary/aromatic N) is 4. The van der Waals surface area contributed by atoms with Gasteiger partial charge in [0.2, 0.25) is 0 Å². The first-order valence-electron chi connectivity index (χ1n) is 11.0. The Bertz CT molecular complexity index is 1000. The number of aliphatic imine (C=N–C) groups is 1. The van der Waals surface area contributed by atoms with E-state index in [9.17, 15) is 20.2 Å². The summed E-state index contributed by atoms with van der Waals surface area (Å²) in [6.45, 7) is 3.09. The van der Waals surface area contributed by atoms with Crippen molar-refractivity contribution >= 4 is 28.9 Å². The molecule has 1 aromatic rings. The predicted molar refractivity (Wildman–Crippen MR) is 118 cm³/mol. The molecule has 1 saturated carbocycles. The number of ether oxygens (including phenoxy) is 1. The number of amidine groups is 1. The van der Waals surface area contributed by atoms with Crippen LogP contribution in [0.5, 0.6) is 0 Å². The molecule has 2 fully saturated rings. The highest BCUT2D eigenvalue weighted by Gasteiger charge is 2.30. The van der Waals surface area contributed by atoms with E-state index in [1.807, 2.05) is 11.0 Å². The molecule has 0 aromatic heterocycles. The van der Waals surface area contributed by atoms with Crippen LogP contribution < -0.4 is 10.6 Å². The summed E-state index contributed by atoms with van der Waals surface area (Å²) in [4.78, 5) is 30.3. The van der Waals surface area contributed by atoms with Gasteiger partial charge in [-0.3, -0.25) is 10.1 Å². The lowest BCUT2D eigenvalue weighted by atomic mass is 9.90. The number of hydrogen-bond donors (Lipinski definition) is 2. The highest BCUT2D eigenvalue weighted by Crippen LogP contribution is 2.36. The van der Waals surface area contributed by atoms with Gasteiger partial charge >= 0.3 is 5.97 Å². The van der Waals surface area contributed by atoms with Gasteiger partial charge in [-0.05, 0) is 24.8 Å². The van der Waals surface area contributed by atoms with Crippen LogP contribution in [0.2, 0.25) is 0 Å². The number of nitriles is 1. The van der Waals surface area contributed by atoms with Crippen LogP contribution in [0.3, 0.4) is 0 Å². The Morgan fingerprint density at radius 1 is 1.28 bits per heavy atom. The van der Waals surface area contributed by atoms with E-state index in [-0.39, 0.29) is 17.0 Å². The molecule has 1 aromatic carbocycles. The van der Waals surface area contributed by atoms with Crippen LogP contribution in [0.1, 0.15) is 32.1 Å². The highest BCUT2D eigenvalue weighted by molar-refractivity contribution is 6.12. The van der Waals surface area contributed by atoms with Gasteiger partial charge in [-0.25, -0.2) is 9.79 Å². The van der Waals surface area contributed by atoms with Crippen molar-refractivity contribution in [3.63, 3.8) is 0 Å². The fourth-order valence-electron chi connectivity index (χ4n) is 4.30. The zero-order valence-electron chi connectivity index (χ0n) is 17.8. The van der Waals surface area contributed by atoms with Gasteiger partial charge in [0, 0.05) is 38.3 Å². The van der Waals surface area contributed by atoms with Crippen molar-refractivity contribution in [2.24, 2.45) is 10.9 Å². The normalized spacial score (nSPS) is 20.3. The zero-order chi connectivity index (χ0) is 22.5. The van der Waals surface area contributed by atoms with Crippen molar-refractivity contribution in [3.05, 3.63) is 39.6 Å². The van der Waals surface area contributed by atoms with Gasteiger partial charge in [0.1, 0.15) is 11.8 Å². The summed E-state index contributed by atoms with van der Waals surface area (Å²) in [5, 5.41) is 27.4. The molecule has 0 atom stereocenters. The SMILES string of the molecule is N#C/C(C(=O)OCC1CCCCC1)=C1/Nc2cc([N+](=O)[O-])ccc2N=C1N1CCNCC1. The number of rotatable bonds is 4. The number of piperazine rings is 1. The van der Waals surface area contributed by atoms with Crippen LogP contribution in [-0.4, -0.2) is 54.4 Å². The Balaban J connectivity index is 1.66. The summed E-state index contributed by atoms with van der Waals surface area (Å²) in [7, 11) is 0. The Morgan fingerprint density at radius 3 is 2.72 bits per heavy atom. The third-order valence-corrected chi connectivity index (χ3v) is 6.06. The molecule has 1 saturated heterocycles. The van der Waals surface area contributed by atoms with E-state index in [0.29, 0.717) is 42.8 Å². The summed E-state index contributed by atoms with van der Waals surface area (Å²) in [6.07, 6.45) is 5.51. The molecule has 2 aliphatic heterocycles. The molecule has 1 aliphatic carbocycles. The van der Waals surface area contributed by atoms with Crippen molar-refractivity contribution in [3.8, 4) is 6.07 Å². The number of nitrogens with one attached hydrogen (secondary N) is 2. The van der Waals surface area contributed by atoms with Crippen LogP contribution in [0.25, 0.3) is 0 Å². The molecule has 2 N–H and O–H groups in total. The molecule has 0 radical (unpaired) electrons. The molecule has 168 valence electrons. The molecule has 32 heavy (non-hydrogen) atoms. The van der Waals surface area contributed by atoms with E-state index in [2.05, 4.69) is 15.6 Å². The Labute approximate surface area is 186 Å². The molecule has 0 unspecified atom stereocenters. The summed E-state index contributed by atoms with van der Waals surface area (Å²) in [6, 6.07) is 6.29. The number of benzene rings is 1. The summed E-state index contributed by atoms with van der Waals surface area (Å²) >= 11 is 0. The summed E-state index contributed by atoms with van der Waals surface area (Å²) in [5.41, 5.74) is 0.850. The number of nitro groups is 1. The Kier molecular flexibility index (Phi) is 6.66. The van der Waals surface area contributed by atoms with Gasteiger partial charge in [-0.15, -0.1) is 0 Å². The average Bonchev–Trinajstić information content (AvgIpc) is 2.83. The number of esters is 1. The number of hydrogen-bond acceptors (Lipinski definition) is 9. The maximum absolute atomic E-state index is 12.9. The van der Waals surface area contributed by atoms with Gasteiger partial charge in [-0.1, -0.05) is 19.3 Å². The van der Waals surface area contributed by atoms with Crippen molar-refractivity contribution in [1.29, 1.82) is 5.26 Å². The fraction of sp³-hybridized carbons (Fsp3) is 0.500. The van der Waals surface area contributed by atoms with Crippen LogP contribution in [-0.2, 0) is 9.53 Å². The summed E-state index contributed by atoms with van der Waals surface area (Å²) in [5.74, 6) is 0.0953. The van der Waals surface area contributed by atoms with Crippen LogP contribution in [0.15, 0.2) is 34.5 Å². The van der Waals surface area contributed by atoms with E-state index >= 15 is 0 Å². The lowest BCUT2D eigenvalue weighted by Gasteiger charge is -2.34. The van der Waals surface area contributed by atoms with E-state index in [1.165, 1.54) is 18.6 Å². The smallest absolute Gasteiger partial charge is 0.351 e. The van der Waals surface area contributed by atoms with E-state index < -0.39 is 10.9 Å². The average molecular weight is 438 g/mol. The molecule has 0 spiro atoms. The van der Waals surface area contributed by atoms with Crippen molar-refractivity contribution in [2.75, 3.05) is 38.1 Å². The number of carbonyl (C=O) groups is 1. The predicted octanol–water partition coefficient (Wildman–Crippen LogP) is 2.86. The van der Waals surface area contributed by atoms with Crippen LogP contribution in [0.4, 0.5) is 17.1 Å². The van der Waals surface area contributed by atoms with Crippen LogP contribution >= 0.6 is 0 Å². The summed E-state index contributed by atoms with van der Waals surface area (Å²) < 4.78 is 5.52. The number of nitro benzene ring substituents is 1. The number of fused-ring (bicyclic) bond motifs is 1. The van der Waals surface area contributed by atoms with E-state index in [4.69, 9.17) is 4.74 Å². The minimum Gasteiger partial charge on any atom is -0.461 e. The molecule has 0 bridgehead atoms. The van der Waals surface area contributed by atoms with Crippen molar-refractivity contribution < 1.29 is 14.5 Å². The van der Waals surface area contributed by atoms with E-state index in [0.717, 1.165) is 38.8 Å². The molecule has 4 rings (SSSR count). The number of anilines is 1. The minimum absolute atomic E-state index is 0.102. The zero-order valence-corrected chi connectivity index (χ0v) is 17.8. The standard InChI is InChI=1S/C22H26N6O4/c23-13-17(22(29)32-14-15-4-2-1-3-5-15)20-21(27-10-8-24-9-11-27)26-18-7-6-16(28(30)31)12-19(18)25-20/h6-7,12,15,24-25H,1-5,8-11,14H2/b20-17-. The highest BCUT2D eigenvalue weighted by atomic mass is 16.6. The maximum atomic E-state index is 12.9. The van der Waals surface area contributed by atoms with Gasteiger partial charge in [-0.2, -0.15) is 5.26 Å². The first kappa shape index (κ1) is 21.8. The molecule has 10 nitrogen and oxygen atoms in total. The molecular weight excluding hydrogens is 412 g/mol. The third-order valence-electron chi connectivity index (χ3n) is 6.06. The first-order valence-corrected chi connectivity index (χ1v) is 11.0. The fourth-order valence-corrected chi connectivity index (χ4v) is 4.30. The van der Waals surface area contributed by atoms with Gasteiger partial charge in [0.15, 0.2) is 11.4 Å². The molecular formula is C22H26N6O4. The Morgan fingerprint density at radius 2 is 2.03 bits per heavy atom.